The highest BCUT2D eigenvalue weighted by atomic mass is 19.1. The molecular weight excluding hydrogens is 395 g/mol. The fourth-order valence-electron chi connectivity index (χ4n) is 3.98. The van der Waals surface area contributed by atoms with Gasteiger partial charge in [0.15, 0.2) is 0 Å². The minimum atomic E-state index is -0.548. The van der Waals surface area contributed by atoms with E-state index in [0.717, 1.165) is 22.0 Å². The Kier molecular flexibility index (Phi) is 5.05. The predicted molar refractivity (Wildman–Crippen MR) is 121 cm³/mol. The summed E-state index contributed by atoms with van der Waals surface area (Å²) < 4.78 is 17.9. The van der Waals surface area contributed by atoms with Gasteiger partial charge in [0.25, 0.3) is 5.91 Å². The van der Waals surface area contributed by atoms with Gasteiger partial charge in [-0.15, -0.1) is 0 Å². The molecule has 0 atom stereocenters. The predicted octanol–water partition coefficient (Wildman–Crippen LogP) is 5.41. The highest BCUT2D eigenvalue weighted by Gasteiger charge is 2.27. The van der Waals surface area contributed by atoms with Crippen molar-refractivity contribution >= 4 is 39.6 Å². The third-order valence-electron chi connectivity index (χ3n) is 5.35. The molecule has 0 spiro atoms. The summed E-state index contributed by atoms with van der Waals surface area (Å²) >= 11 is 0. The summed E-state index contributed by atoms with van der Waals surface area (Å²) in [5, 5.41) is 3.50. The molecule has 0 aliphatic rings. The van der Waals surface area contributed by atoms with Crippen molar-refractivity contribution < 1.29 is 14.0 Å². The number of halogens is 1. The lowest BCUT2D eigenvalue weighted by atomic mass is 10.2. The quantitative estimate of drug-likeness (QED) is 0.482. The molecular formula is C24H25FN4O2. The van der Waals surface area contributed by atoms with Crippen LogP contribution >= 0.6 is 0 Å². The second-order valence-corrected chi connectivity index (χ2v) is 8.19. The zero-order chi connectivity index (χ0) is 22.4. The van der Waals surface area contributed by atoms with Crippen LogP contribution in [0.25, 0.3) is 21.9 Å². The van der Waals surface area contributed by atoms with Crippen LogP contribution in [-0.4, -0.2) is 40.1 Å². The number of nitrogens with one attached hydrogen (secondary N) is 1. The largest absolute Gasteiger partial charge is 0.337 e. The Labute approximate surface area is 179 Å². The van der Waals surface area contributed by atoms with Gasteiger partial charge >= 0.3 is 6.03 Å². The van der Waals surface area contributed by atoms with Gasteiger partial charge in [-0.05, 0) is 50.6 Å². The van der Waals surface area contributed by atoms with Gasteiger partial charge in [-0.25, -0.2) is 9.18 Å². The molecule has 4 rings (SSSR count). The first-order chi connectivity index (χ1) is 14.7. The van der Waals surface area contributed by atoms with E-state index in [1.165, 1.54) is 21.6 Å². The molecule has 0 fully saturated rings. The maximum absolute atomic E-state index is 14.3. The van der Waals surface area contributed by atoms with Gasteiger partial charge in [0.1, 0.15) is 11.5 Å². The normalized spacial score (nSPS) is 11.5. The molecule has 2 heterocycles. The van der Waals surface area contributed by atoms with Crippen LogP contribution in [0.1, 0.15) is 35.9 Å². The van der Waals surface area contributed by atoms with Crippen molar-refractivity contribution in [2.45, 2.75) is 26.8 Å². The van der Waals surface area contributed by atoms with E-state index in [0.29, 0.717) is 5.52 Å². The van der Waals surface area contributed by atoms with Crippen LogP contribution in [0, 0.1) is 12.7 Å². The lowest BCUT2D eigenvalue weighted by Gasteiger charge is -2.15. The Bertz CT molecular complexity index is 1330. The average Bonchev–Trinajstić information content (AvgIpc) is 3.24. The summed E-state index contributed by atoms with van der Waals surface area (Å²) in [6, 6.07) is 13.9. The van der Waals surface area contributed by atoms with Crippen LogP contribution in [0.5, 0.6) is 0 Å². The standard InChI is InChI=1S/C24H25FN4O2/c1-14(2)28-19-9-7-6-8-16(19)22-20(28)13-21(29(22)24(31)27(4)5)23(30)26-18-11-10-15(3)12-17(18)25/h6-14H,1-5H3,(H,26,30). The van der Waals surface area contributed by atoms with E-state index in [4.69, 9.17) is 0 Å². The Morgan fingerprint density at radius 2 is 1.74 bits per heavy atom. The summed E-state index contributed by atoms with van der Waals surface area (Å²) in [6.45, 7) is 5.88. The molecule has 4 aromatic rings. The summed E-state index contributed by atoms with van der Waals surface area (Å²) in [5.41, 5.74) is 3.41. The van der Waals surface area contributed by atoms with Crippen LogP contribution in [0.3, 0.4) is 0 Å². The van der Waals surface area contributed by atoms with Gasteiger partial charge in [0, 0.05) is 25.5 Å². The number of hydrogen-bond acceptors (Lipinski definition) is 2. The van der Waals surface area contributed by atoms with Crippen molar-refractivity contribution in [1.82, 2.24) is 14.0 Å². The number of amides is 2. The molecule has 7 heteroatoms. The van der Waals surface area contributed by atoms with Crippen molar-refractivity contribution in [1.29, 1.82) is 0 Å². The monoisotopic (exact) mass is 420 g/mol. The number of fused-ring (bicyclic) bond motifs is 3. The zero-order valence-electron chi connectivity index (χ0n) is 18.2. The molecule has 1 N–H and O–H groups in total. The molecule has 31 heavy (non-hydrogen) atoms. The number of para-hydroxylation sites is 1. The van der Waals surface area contributed by atoms with Crippen molar-refractivity contribution in [2.75, 3.05) is 19.4 Å². The molecule has 2 amide bonds. The van der Waals surface area contributed by atoms with E-state index in [1.54, 1.807) is 33.2 Å². The average molecular weight is 420 g/mol. The topological polar surface area (TPSA) is 59.3 Å². The summed E-state index contributed by atoms with van der Waals surface area (Å²) in [5.74, 6) is -1.07. The SMILES string of the molecule is Cc1ccc(NC(=O)c2cc3c(c4ccccc4n3C(C)C)n2C(=O)N(C)C)c(F)c1. The summed E-state index contributed by atoms with van der Waals surface area (Å²) in [7, 11) is 3.27. The fourth-order valence-corrected chi connectivity index (χ4v) is 3.98. The Balaban J connectivity index is 1.96. The molecule has 2 aromatic heterocycles. The van der Waals surface area contributed by atoms with Crippen LogP contribution < -0.4 is 5.32 Å². The molecule has 0 saturated carbocycles. The highest BCUT2D eigenvalue weighted by molar-refractivity contribution is 6.16. The smallest absolute Gasteiger partial charge is 0.328 e. The van der Waals surface area contributed by atoms with Crippen molar-refractivity contribution in [3.05, 3.63) is 65.6 Å². The van der Waals surface area contributed by atoms with E-state index in [2.05, 4.69) is 23.7 Å². The second-order valence-electron chi connectivity index (χ2n) is 8.19. The third kappa shape index (κ3) is 3.36. The molecule has 2 aromatic carbocycles. The van der Waals surface area contributed by atoms with Gasteiger partial charge in [-0.3, -0.25) is 9.36 Å². The Morgan fingerprint density at radius 1 is 1.03 bits per heavy atom. The first kappa shape index (κ1) is 20.7. The van der Waals surface area contributed by atoms with E-state index < -0.39 is 11.7 Å². The number of rotatable bonds is 3. The summed E-state index contributed by atoms with van der Waals surface area (Å²) in [6.07, 6.45) is 0. The molecule has 0 bridgehead atoms. The number of aryl methyl sites for hydroxylation is 1. The van der Waals surface area contributed by atoms with Crippen molar-refractivity contribution in [3.63, 3.8) is 0 Å². The van der Waals surface area contributed by atoms with Gasteiger partial charge in [-0.2, -0.15) is 0 Å². The first-order valence-electron chi connectivity index (χ1n) is 10.1. The van der Waals surface area contributed by atoms with Crippen LogP contribution in [-0.2, 0) is 0 Å². The van der Waals surface area contributed by atoms with Gasteiger partial charge in [-0.1, -0.05) is 24.3 Å². The second kappa shape index (κ2) is 7.58. The number of nitrogens with zero attached hydrogens (tertiary/aromatic N) is 3. The van der Waals surface area contributed by atoms with Crippen LogP contribution in [0.2, 0.25) is 0 Å². The number of carbonyl (C=O) groups excluding carboxylic acids is 2. The number of benzene rings is 2. The zero-order valence-corrected chi connectivity index (χ0v) is 18.2. The van der Waals surface area contributed by atoms with Crippen LogP contribution in [0.15, 0.2) is 48.5 Å². The minimum absolute atomic E-state index is 0.0712. The molecule has 0 saturated heterocycles. The maximum Gasteiger partial charge on any atom is 0.328 e. The Hall–Kier alpha value is -3.61. The van der Waals surface area contributed by atoms with Gasteiger partial charge in [0.05, 0.1) is 22.2 Å². The number of carbonyl (C=O) groups is 2. The summed E-state index contributed by atoms with van der Waals surface area (Å²) in [4.78, 5) is 27.8. The number of aromatic nitrogens is 2. The first-order valence-corrected chi connectivity index (χ1v) is 10.1. The molecule has 6 nitrogen and oxygen atoms in total. The van der Waals surface area contributed by atoms with E-state index >= 15 is 0 Å². The van der Waals surface area contributed by atoms with E-state index in [-0.39, 0.29) is 23.5 Å². The fraction of sp³-hybridized carbons (Fsp3) is 0.250. The van der Waals surface area contributed by atoms with Crippen molar-refractivity contribution in [3.8, 4) is 0 Å². The lowest BCUT2D eigenvalue weighted by Crippen LogP contribution is -2.30. The number of anilines is 1. The molecule has 160 valence electrons. The molecule has 0 aliphatic carbocycles. The van der Waals surface area contributed by atoms with E-state index in [9.17, 15) is 14.0 Å². The molecule has 0 unspecified atom stereocenters. The third-order valence-corrected chi connectivity index (χ3v) is 5.35. The molecule has 0 aliphatic heterocycles. The number of hydrogen-bond donors (Lipinski definition) is 1. The highest BCUT2D eigenvalue weighted by Crippen LogP contribution is 2.34. The van der Waals surface area contributed by atoms with Crippen molar-refractivity contribution in [2.24, 2.45) is 0 Å². The van der Waals surface area contributed by atoms with E-state index in [1.807, 2.05) is 24.3 Å². The van der Waals surface area contributed by atoms with Gasteiger partial charge < -0.3 is 14.8 Å². The molecule has 0 radical (unpaired) electrons. The maximum atomic E-state index is 14.3. The van der Waals surface area contributed by atoms with Gasteiger partial charge in [0.2, 0.25) is 0 Å². The van der Waals surface area contributed by atoms with Crippen LogP contribution in [0.4, 0.5) is 14.9 Å². The lowest BCUT2D eigenvalue weighted by molar-refractivity contribution is 0.101. The minimum Gasteiger partial charge on any atom is -0.337 e. The Morgan fingerprint density at radius 3 is 2.39 bits per heavy atom.